The van der Waals surface area contributed by atoms with Gasteiger partial charge in [0, 0.05) is 32.1 Å². The lowest BCUT2D eigenvalue weighted by Crippen LogP contribution is -2.65. The lowest BCUT2D eigenvalue weighted by Gasteiger charge is -2.56. The normalized spacial score (nSPS) is 26.1. The molecule has 0 unspecified atom stereocenters. The summed E-state index contributed by atoms with van der Waals surface area (Å²) in [5.74, 6) is -0.0366. The fourth-order valence-corrected chi connectivity index (χ4v) is 4.21. The van der Waals surface area contributed by atoms with Crippen LogP contribution in [0.1, 0.15) is 38.8 Å². The van der Waals surface area contributed by atoms with Crippen LogP contribution >= 0.6 is 0 Å². The van der Waals surface area contributed by atoms with E-state index in [1.165, 1.54) is 7.11 Å². The second kappa shape index (κ2) is 7.05. The fourth-order valence-electron chi connectivity index (χ4n) is 4.21. The van der Waals surface area contributed by atoms with Crippen LogP contribution in [0.15, 0.2) is 12.5 Å². The predicted molar refractivity (Wildman–Crippen MR) is 93.8 cm³/mol. The summed E-state index contributed by atoms with van der Waals surface area (Å²) >= 11 is 0. The van der Waals surface area contributed by atoms with Gasteiger partial charge in [-0.25, -0.2) is 4.98 Å². The van der Waals surface area contributed by atoms with Crippen molar-refractivity contribution in [3.05, 3.63) is 18.2 Å². The molecule has 2 N–H and O–H groups in total. The molecule has 140 valence electrons. The van der Waals surface area contributed by atoms with Crippen molar-refractivity contribution in [1.29, 1.82) is 0 Å². The van der Waals surface area contributed by atoms with Crippen molar-refractivity contribution in [3.63, 3.8) is 0 Å². The lowest BCUT2D eigenvalue weighted by atomic mass is 9.67. The molecule has 2 aliphatic rings. The van der Waals surface area contributed by atoms with E-state index in [2.05, 4.69) is 14.9 Å². The summed E-state index contributed by atoms with van der Waals surface area (Å²) in [5.41, 5.74) is 0.578. The molecular weight excluding hydrogens is 320 g/mol. The highest BCUT2D eigenvalue weighted by Crippen LogP contribution is 2.45. The fraction of sp³-hybridized carbons (Fsp3) is 0.778. The number of methoxy groups -OCH3 is 1. The quantitative estimate of drug-likeness (QED) is 0.847. The molecule has 2 aliphatic heterocycles. The van der Waals surface area contributed by atoms with Gasteiger partial charge in [0.15, 0.2) is 0 Å². The molecule has 2 fully saturated rings. The highest BCUT2D eigenvalue weighted by Gasteiger charge is 2.50. The number of imidazole rings is 1. The van der Waals surface area contributed by atoms with E-state index in [1.807, 2.05) is 24.9 Å². The molecule has 0 aliphatic carbocycles. The minimum Gasteiger partial charge on any atom is -0.391 e. The van der Waals surface area contributed by atoms with Gasteiger partial charge in [-0.05, 0) is 51.6 Å². The predicted octanol–water partition coefficient (Wildman–Crippen LogP) is 1.01. The van der Waals surface area contributed by atoms with Gasteiger partial charge in [0.1, 0.15) is 6.61 Å². The third-order valence-electron chi connectivity index (χ3n) is 6.07. The number of carbonyl (C=O) groups is 1. The van der Waals surface area contributed by atoms with E-state index in [9.17, 15) is 9.90 Å². The summed E-state index contributed by atoms with van der Waals surface area (Å²) in [4.78, 5) is 24.0. The van der Waals surface area contributed by atoms with Gasteiger partial charge in [-0.2, -0.15) is 0 Å². The van der Waals surface area contributed by atoms with E-state index < -0.39 is 11.6 Å². The number of aromatic nitrogens is 2. The number of nitrogens with one attached hydrogen (secondary N) is 1. The minimum absolute atomic E-state index is 0.00280. The monoisotopic (exact) mass is 350 g/mol. The number of carbonyl (C=O) groups excluding carboxylic acids is 1. The molecular formula is C18H30N4O3. The summed E-state index contributed by atoms with van der Waals surface area (Å²) in [6, 6.07) is 0. The van der Waals surface area contributed by atoms with Crippen LogP contribution in [0, 0.1) is 5.41 Å². The average molecular weight is 350 g/mol. The maximum absolute atomic E-state index is 12.5. The molecule has 1 atom stereocenters. The van der Waals surface area contributed by atoms with Gasteiger partial charge in [0.25, 0.3) is 0 Å². The zero-order valence-corrected chi connectivity index (χ0v) is 15.5. The summed E-state index contributed by atoms with van der Waals surface area (Å²) < 4.78 is 5.05. The van der Waals surface area contributed by atoms with E-state index in [-0.39, 0.29) is 17.9 Å². The Kier molecular flexibility index (Phi) is 5.18. The summed E-state index contributed by atoms with van der Waals surface area (Å²) in [6.45, 7) is 7.49. The number of hydrogen-bond acceptors (Lipinski definition) is 5. The molecule has 0 saturated carbocycles. The number of piperidine rings is 2. The maximum Gasteiger partial charge on any atom is 0.249 e. The van der Waals surface area contributed by atoms with E-state index in [1.54, 1.807) is 6.33 Å². The first-order valence-electron chi connectivity index (χ1n) is 9.03. The van der Waals surface area contributed by atoms with Gasteiger partial charge in [-0.15, -0.1) is 0 Å². The summed E-state index contributed by atoms with van der Waals surface area (Å²) in [5, 5.41) is 10.8. The Morgan fingerprint density at radius 1 is 1.44 bits per heavy atom. The number of aliphatic hydroxyl groups is 1. The number of aromatic amines is 1. The first-order valence-corrected chi connectivity index (χ1v) is 9.03. The second-order valence-corrected chi connectivity index (χ2v) is 8.14. The summed E-state index contributed by atoms with van der Waals surface area (Å²) in [7, 11) is 1.54. The smallest absolute Gasteiger partial charge is 0.249 e. The molecule has 7 nitrogen and oxygen atoms in total. The Bertz CT molecular complexity index is 579. The Morgan fingerprint density at radius 3 is 2.76 bits per heavy atom. The van der Waals surface area contributed by atoms with Crippen LogP contribution in [0.25, 0.3) is 0 Å². The van der Waals surface area contributed by atoms with Gasteiger partial charge in [0.2, 0.25) is 5.91 Å². The molecule has 3 rings (SSSR count). The third-order valence-corrected chi connectivity index (χ3v) is 6.07. The van der Waals surface area contributed by atoms with Crippen molar-refractivity contribution in [2.75, 3.05) is 33.4 Å². The Balaban J connectivity index is 1.67. The lowest BCUT2D eigenvalue weighted by molar-refractivity contribution is -0.163. The van der Waals surface area contributed by atoms with E-state index in [0.717, 1.165) is 44.6 Å². The number of likely N-dealkylation sites (tertiary alicyclic amines) is 2. The molecule has 2 saturated heterocycles. The van der Waals surface area contributed by atoms with Crippen LogP contribution in [-0.2, 0) is 16.1 Å². The first-order chi connectivity index (χ1) is 11.9. The van der Waals surface area contributed by atoms with Gasteiger partial charge in [-0.1, -0.05) is 0 Å². The number of amides is 1. The number of hydrogen-bond donors (Lipinski definition) is 2. The third kappa shape index (κ3) is 3.73. The maximum atomic E-state index is 12.5. The molecule has 0 bridgehead atoms. The van der Waals surface area contributed by atoms with Crippen molar-refractivity contribution in [1.82, 2.24) is 19.8 Å². The Labute approximate surface area is 149 Å². The molecule has 7 heteroatoms. The zero-order chi connectivity index (χ0) is 18.1. The van der Waals surface area contributed by atoms with Crippen LogP contribution in [0.3, 0.4) is 0 Å². The van der Waals surface area contributed by atoms with Gasteiger partial charge >= 0.3 is 0 Å². The number of nitrogens with zero attached hydrogens (tertiary/aromatic N) is 3. The zero-order valence-electron chi connectivity index (χ0n) is 15.5. The van der Waals surface area contributed by atoms with Crippen molar-refractivity contribution in [2.45, 2.75) is 51.3 Å². The van der Waals surface area contributed by atoms with Gasteiger partial charge in [-0.3, -0.25) is 9.69 Å². The highest BCUT2D eigenvalue weighted by molar-refractivity contribution is 5.78. The van der Waals surface area contributed by atoms with E-state index in [4.69, 9.17) is 4.74 Å². The Hall–Kier alpha value is -1.44. The first kappa shape index (κ1) is 18.4. The highest BCUT2D eigenvalue weighted by atomic mass is 16.5. The number of H-pyrrole nitrogens is 1. The largest absolute Gasteiger partial charge is 0.391 e. The SMILES string of the molecule is COCC(=O)N1CC2(CCN(Cc3cnc[nH]3)CC2)C[C@H](O)C1(C)C. The molecule has 0 aromatic carbocycles. The van der Waals surface area contributed by atoms with Crippen LogP contribution in [0.2, 0.25) is 0 Å². The van der Waals surface area contributed by atoms with Crippen molar-refractivity contribution in [2.24, 2.45) is 5.41 Å². The van der Waals surface area contributed by atoms with Gasteiger partial charge in [0.05, 0.1) is 18.0 Å². The molecule has 1 aromatic rings. The van der Waals surface area contributed by atoms with Crippen LogP contribution in [0.4, 0.5) is 0 Å². The topological polar surface area (TPSA) is 81.7 Å². The molecule has 1 aromatic heterocycles. The summed E-state index contributed by atoms with van der Waals surface area (Å²) in [6.07, 6.45) is 5.80. The molecule has 0 radical (unpaired) electrons. The second-order valence-electron chi connectivity index (χ2n) is 8.14. The van der Waals surface area contributed by atoms with Crippen molar-refractivity contribution >= 4 is 5.91 Å². The molecule has 25 heavy (non-hydrogen) atoms. The average Bonchev–Trinajstić information content (AvgIpc) is 3.07. The van der Waals surface area contributed by atoms with Crippen LogP contribution < -0.4 is 0 Å². The van der Waals surface area contributed by atoms with Crippen molar-refractivity contribution < 1.29 is 14.6 Å². The molecule has 3 heterocycles. The molecule has 1 amide bonds. The molecule has 1 spiro atoms. The van der Waals surface area contributed by atoms with E-state index in [0.29, 0.717) is 6.54 Å². The van der Waals surface area contributed by atoms with Crippen LogP contribution in [0.5, 0.6) is 0 Å². The van der Waals surface area contributed by atoms with Gasteiger partial charge < -0.3 is 19.7 Å². The minimum atomic E-state index is -0.548. The Morgan fingerprint density at radius 2 is 2.16 bits per heavy atom. The number of ether oxygens (including phenoxy) is 1. The number of rotatable bonds is 4. The number of aliphatic hydroxyl groups excluding tert-OH is 1. The van der Waals surface area contributed by atoms with Crippen molar-refractivity contribution in [3.8, 4) is 0 Å². The van der Waals surface area contributed by atoms with E-state index >= 15 is 0 Å². The van der Waals surface area contributed by atoms with Crippen LogP contribution in [-0.4, -0.2) is 75.8 Å². The standard InChI is InChI=1S/C18H30N4O3/c1-17(2)15(23)8-18(12-22(17)16(24)11-25-3)4-6-21(7-5-18)10-14-9-19-13-20-14/h9,13,15,23H,4-8,10-12H2,1-3H3,(H,19,20)/t15-/m0/s1.